The molecule has 74 valence electrons. The zero-order chi connectivity index (χ0) is 9.54. The van der Waals surface area contributed by atoms with Crippen LogP contribution in [0.15, 0.2) is 12.1 Å². The van der Waals surface area contributed by atoms with Crippen LogP contribution in [0.25, 0.3) is 0 Å². The largest absolute Gasteiger partial charge is 0.508 e. The first kappa shape index (κ1) is 8.34. The molecule has 0 amide bonds. The molecule has 14 heavy (non-hydrogen) atoms. The van der Waals surface area contributed by atoms with E-state index in [1.54, 1.807) is 5.56 Å². The molecule has 1 aromatic carbocycles. The molecule has 3 rings (SSSR count). The normalized spacial score (nSPS) is 20.6. The van der Waals surface area contributed by atoms with Crippen molar-refractivity contribution in [3.63, 3.8) is 0 Å². The maximum atomic E-state index is 9.61. The van der Waals surface area contributed by atoms with Crippen molar-refractivity contribution in [3.05, 3.63) is 28.8 Å². The highest BCUT2D eigenvalue weighted by atomic mass is 16.3. The van der Waals surface area contributed by atoms with Crippen molar-refractivity contribution in [2.75, 3.05) is 0 Å². The molecule has 2 aliphatic carbocycles. The van der Waals surface area contributed by atoms with Crippen LogP contribution in [0.3, 0.4) is 0 Å². The van der Waals surface area contributed by atoms with E-state index in [0.29, 0.717) is 5.75 Å². The van der Waals surface area contributed by atoms with Crippen molar-refractivity contribution >= 4 is 0 Å². The van der Waals surface area contributed by atoms with Gasteiger partial charge in [-0.1, -0.05) is 0 Å². The molecule has 1 N–H and O–H groups in total. The summed E-state index contributed by atoms with van der Waals surface area (Å²) in [6.45, 7) is 0. The Balaban J connectivity index is 2.20. The number of phenols is 1. The van der Waals surface area contributed by atoms with Gasteiger partial charge in [0.2, 0.25) is 0 Å². The number of aromatic hydroxyl groups is 1. The van der Waals surface area contributed by atoms with Gasteiger partial charge in [-0.3, -0.25) is 0 Å². The van der Waals surface area contributed by atoms with Gasteiger partial charge in [0.15, 0.2) is 0 Å². The number of phenolic OH excluding ortho intramolecular Hbond substituents is 1. The quantitative estimate of drug-likeness (QED) is 0.663. The molecule has 0 saturated heterocycles. The zero-order valence-corrected chi connectivity index (χ0v) is 8.42. The molecular weight excluding hydrogens is 172 g/mol. The van der Waals surface area contributed by atoms with E-state index >= 15 is 0 Å². The van der Waals surface area contributed by atoms with Crippen molar-refractivity contribution in [1.29, 1.82) is 0 Å². The fourth-order valence-electron chi connectivity index (χ4n) is 3.21. The minimum atomic E-state index is 0.473. The maximum Gasteiger partial charge on any atom is 0.116 e. The molecule has 0 bridgehead atoms. The van der Waals surface area contributed by atoms with Crippen LogP contribution in [0.5, 0.6) is 5.75 Å². The maximum absolute atomic E-state index is 9.61. The highest BCUT2D eigenvalue weighted by molar-refractivity contribution is 5.46. The highest BCUT2D eigenvalue weighted by Gasteiger charge is 2.26. The van der Waals surface area contributed by atoms with Crippen LogP contribution in [0, 0.1) is 0 Å². The minimum absolute atomic E-state index is 0.473. The lowest BCUT2D eigenvalue weighted by Crippen LogP contribution is -2.16. The van der Waals surface area contributed by atoms with Crippen molar-refractivity contribution in [2.45, 2.75) is 44.4 Å². The molecule has 1 nitrogen and oxygen atoms in total. The summed E-state index contributed by atoms with van der Waals surface area (Å²) in [5.41, 5.74) is 4.45. The summed E-state index contributed by atoms with van der Waals surface area (Å²) in [6.07, 6.45) is 7.69. The topological polar surface area (TPSA) is 20.2 Å². The van der Waals surface area contributed by atoms with E-state index in [1.165, 1.54) is 49.7 Å². The number of hydrogen-bond donors (Lipinski definition) is 1. The summed E-state index contributed by atoms with van der Waals surface area (Å²) in [7, 11) is 0. The number of hydrogen-bond acceptors (Lipinski definition) is 1. The van der Waals surface area contributed by atoms with Crippen LogP contribution < -0.4 is 0 Å². The lowest BCUT2D eigenvalue weighted by atomic mass is 9.73. The average molecular weight is 188 g/mol. The summed E-state index contributed by atoms with van der Waals surface area (Å²) < 4.78 is 0. The summed E-state index contributed by atoms with van der Waals surface area (Å²) in [5, 5.41) is 9.61. The monoisotopic (exact) mass is 188 g/mol. The molecule has 0 fully saturated rings. The smallest absolute Gasteiger partial charge is 0.116 e. The molecule has 0 aliphatic heterocycles. The van der Waals surface area contributed by atoms with E-state index in [4.69, 9.17) is 0 Å². The van der Waals surface area contributed by atoms with E-state index < -0.39 is 0 Å². The zero-order valence-electron chi connectivity index (χ0n) is 8.42. The highest BCUT2D eigenvalue weighted by Crippen LogP contribution is 2.42. The number of aryl methyl sites for hydroxylation is 2. The van der Waals surface area contributed by atoms with Gasteiger partial charge in [-0.05, 0) is 73.3 Å². The third-order valence-corrected chi connectivity index (χ3v) is 3.74. The second-order valence-corrected chi connectivity index (χ2v) is 4.66. The number of rotatable bonds is 0. The third kappa shape index (κ3) is 1.15. The van der Waals surface area contributed by atoms with Gasteiger partial charge in [-0.25, -0.2) is 0 Å². The van der Waals surface area contributed by atoms with Crippen LogP contribution in [0.2, 0.25) is 0 Å². The summed E-state index contributed by atoms with van der Waals surface area (Å²) in [6, 6.07) is 3.96. The molecule has 0 saturated carbocycles. The minimum Gasteiger partial charge on any atom is -0.508 e. The molecule has 1 heteroatoms. The predicted octanol–water partition coefficient (Wildman–Crippen LogP) is 3.15. The van der Waals surface area contributed by atoms with Crippen molar-refractivity contribution in [1.82, 2.24) is 0 Å². The Morgan fingerprint density at radius 2 is 1.57 bits per heavy atom. The standard InChI is InChI=1S/C13H16O/c14-12-7-10-5-1-3-9-4-2-6-11(8-12)13(9)10/h7-9,14H,1-6H2. The van der Waals surface area contributed by atoms with E-state index in [-0.39, 0.29) is 0 Å². The Morgan fingerprint density at radius 3 is 2.14 bits per heavy atom. The second-order valence-electron chi connectivity index (χ2n) is 4.66. The molecule has 0 atom stereocenters. The fraction of sp³-hybridized carbons (Fsp3) is 0.538. The lowest BCUT2D eigenvalue weighted by Gasteiger charge is -2.32. The number of benzene rings is 1. The Morgan fingerprint density at radius 1 is 1.00 bits per heavy atom. The van der Waals surface area contributed by atoms with Gasteiger partial charge >= 0.3 is 0 Å². The molecule has 0 unspecified atom stereocenters. The molecule has 2 aliphatic rings. The summed E-state index contributed by atoms with van der Waals surface area (Å²) >= 11 is 0. The Labute approximate surface area is 84.8 Å². The van der Waals surface area contributed by atoms with Crippen LogP contribution in [0.4, 0.5) is 0 Å². The molecular formula is C13H16O. The van der Waals surface area contributed by atoms with Crippen LogP contribution >= 0.6 is 0 Å². The first-order valence-corrected chi connectivity index (χ1v) is 5.69. The first-order valence-electron chi connectivity index (χ1n) is 5.69. The van der Waals surface area contributed by atoms with Crippen LogP contribution in [-0.2, 0) is 12.8 Å². The molecule has 0 aromatic heterocycles. The third-order valence-electron chi connectivity index (χ3n) is 3.74. The van der Waals surface area contributed by atoms with Gasteiger partial charge in [-0.2, -0.15) is 0 Å². The molecule has 0 spiro atoms. The fourth-order valence-corrected chi connectivity index (χ4v) is 3.21. The first-order chi connectivity index (χ1) is 6.84. The van der Waals surface area contributed by atoms with E-state index in [0.717, 1.165) is 5.92 Å². The Kier molecular flexibility index (Phi) is 1.79. The van der Waals surface area contributed by atoms with Crippen LogP contribution in [0.1, 0.15) is 48.3 Å². The Hall–Kier alpha value is -0.980. The predicted molar refractivity (Wildman–Crippen MR) is 56.7 cm³/mol. The van der Waals surface area contributed by atoms with Crippen molar-refractivity contribution in [3.8, 4) is 5.75 Å². The van der Waals surface area contributed by atoms with E-state index in [1.807, 2.05) is 12.1 Å². The van der Waals surface area contributed by atoms with E-state index in [9.17, 15) is 5.11 Å². The van der Waals surface area contributed by atoms with Gasteiger partial charge in [-0.15, -0.1) is 0 Å². The second kappa shape index (κ2) is 3.01. The van der Waals surface area contributed by atoms with Crippen LogP contribution in [-0.4, -0.2) is 5.11 Å². The lowest BCUT2D eigenvalue weighted by molar-refractivity contribution is 0.453. The van der Waals surface area contributed by atoms with E-state index in [2.05, 4.69) is 0 Å². The van der Waals surface area contributed by atoms with Crippen molar-refractivity contribution in [2.24, 2.45) is 0 Å². The molecule has 1 aromatic rings. The van der Waals surface area contributed by atoms with Gasteiger partial charge in [0.05, 0.1) is 0 Å². The Bertz CT molecular complexity index is 336. The van der Waals surface area contributed by atoms with Gasteiger partial charge < -0.3 is 5.11 Å². The van der Waals surface area contributed by atoms with Gasteiger partial charge in [0, 0.05) is 0 Å². The summed E-state index contributed by atoms with van der Waals surface area (Å²) in [5.74, 6) is 1.28. The van der Waals surface area contributed by atoms with Gasteiger partial charge in [0.25, 0.3) is 0 Å². The summed E-state index contributed by atoms with van der Waals surface area (Å²) in [4.78, 5) is 0. The molecule has 0 radical (unpaired) electrons. The molecule has 0 heterocycles. The van der Waals surface area contributed by atoms with Crippen molar-refractivity contribution < 1.29 is 5.11 Å². The average Bonchev–Trinajstić information content (AvgIpc) is 2.18. The SMILES string of the molecule is Oc1cc2c3c(c1)CCCC3CCC2. The van der Waals surface area contributed by atoms with Gasteiger partial charge in [0.1, 0.15) is 5.75 Å².